The molecule has 104 valence electrons. The Morgan fingerprint density at radius 2 is 1.94 bits per heavy atom. The highest BCUT2D eigenvalue weighted by atomic mass is 16.5. The summed E-state index contributed by atoms with van der Waals surface area (Å²) in [6.07, 6.45) is 3.81. The maximum absolute atomic E-state index is 12.1. The van der Waals surface area contributed by atoms with Crippen molar-refractivity contribution in [2.45, 2.75) is 44.6 Å². The lowest BCUT2D eigenvalue weighted by Crippen LogP contribution is -2.61. The molecule has 0 radical (unpaired) electrons. The van der Waals surface area contributed by atoms with Gasteiger partial charge in [-0.1, -0.05) is 19.3 Å². The van der Waals surface area contributed by atoms with Crippen LogP contribution < -0.4 is 10.6 Å². The van der Waals surface area contributed by atoms with Gasteiger partial charge in [0.1, 0.15) is 12.3 Å². The fraction of sp³-hybridized carbons (Fsp3) is 0.833. The van der Waals surface area contributed by atoms with Crippen molar-refractivity contribution in [3.05, 3.63) is 0 Å². The molecule has 0 aromatic carbocycles. The Labute approximate surface area is 107 Å². The summed E-state index contributed by atoms with van der Waals surface area (Å²) in [5.41, 5.74) is -1.08. The van der Waals surface area contributed by atoms with E-state index in [-0.39, 0.29) is 18.6 Å². The van der Waals surface area contributed by atoms with Crippen molar-refractivity contribution in [3.8, 4) is 0 Å². The van der Waals surface area contributed by atoms with E-state index >= 15 is 0 Å². The Morgan fingerprint density at radius 3 is 2.44 bits per heavy atom. The summed E-state index contributed by atoms with van der Waals surface area (Å²) in [6.45, 7) is 1.74. The van der Waals surface area contributed by atoms with Gasteiger partial charge < -0.3 is 20.5 Å². The fourth-order valence-corrected chi connectivity index (χ4v) is 2.57. The van der Waals surface area contributed by atoms with Crippen molar-refractivity contribution in [1.82, 2.24) is 10.6 Å². The van der Waals surface area contributed by atoms with Gasteiger partial charge in [-0.05, 0) is 25.7 Å². The van der Waals surface area contributed by atoms with Crippen molar-refractivity contribution in [1.29, 1.82) is 0 Å². The molecule has 0 bridgehead atoms. The number of carbonyl (C=O) groups is 2. The first-order valence-corrected chi connectivity index (χ1v) is 6.29. The molecule has 1 aliphatic carbocycles. The van der Waals surface area contributed by atoms with Crippen molar-refractivity contribution in [2.75, 3.05) is 13.8 Å². The van der Waals surface area contributed by atoms with Gasteiger partial charge in [-0.3, -0.25) is 4.79 Å². The standard InChI is InChI=1S/C12H22N2O4/c1-12(14-11(16)17,10(15)13-8-18-2)9-6-4-3-5-7-9/h9,14H,3-8H2,1-2H3,(H,13,15)(H,16,17). The van der Waals surface area contributed by atoms with E-state index in [2.05, 4.69) is 10.6 Å². The van der Waals surface area contributed by atoms with Crippen LogP contribution in [0.25, 0.3) is 0 Å². The van der Waals surface area contributed by atoms with E-state index in [4.69, 9.17) is 9.84 Å². The van der Waals surface area contributed by atoms with E-state index in [9.17, 15) is 9.59 Å². The number of rotatable bonds is 5. The molecule has 0 saturated heterocycles. The quantitative estimate of drug-likeness (QED) is 0.649. The smallest absolute Gasteiger partial charge is 0.405 e. The Balaban J connectivity index is 2.78. The van der Waals surface area contributed by atoms with E-state index in [0.717, 1.165) is 32.1 Å². The predicted octanol–water partition coefficient (Wildman–Crippen LogP) is 1.31. The topological polar surface area (TPSA) is 87.7 Å². The van der Waals surface area contributed by atoms with Gasteiger partial charge >= 0.3 is 6.09 Å². The lowest BCUT2D eigenvalue weighted by atomic mass is 9.75. The number of hydrogen-bond donors (Lipinski definition) is 3. The first-order chi connectivity index (χ1) is 8.50. The average molecular weight is 258 g/mol. The highest BCUT2D eigenvalue weighted by molar-refractivity contribution is 5.89. The van der Waals surface area contributed by atoms with Gasteiger partial charge in [0, 0.05) is 7.11 Å². The number of ether oxygens (including phenoxy) is 1. The molecule has 0 heterocycles. The van der Waals surface area contributed by atoms with E-state index in [1.54, 1.807) is 6.92 Å². The third kappa shape index (κ3) is 3.60. The molecule has 18 heavy (non-hydrogen) atoms. The third-order valence-electron chi connectivity index (χ3n) is 3.64. The molecule has 1 unspecified atom stereocenters. The zero-order valence-electron chi connectivity index (χ0n) is 11.0. The average Bonchev–Trinajstić information content (AvgIpc) is 2.36. The zero-order chi connectivity index (χ0) is 13.6. The Kier molecular flexibility index (Phi) is 5.40. The molecule has 0 aliphatic heterocycles. The highest BCUT2D eigenvalue weighted by Crippen LogP contribution is 2.32. The van der Waals surface area contributed by atoms with Gasteiger partial charge in [0.25, 0.3) is 0 Å². The Morgan fingerprint density at radius 1 is 1.33 bits per heavy atom. The predicted molar refractivity (Wildman–Crippen MR) is 66.2 cm³/mol. The van der Waals surface area contributed by atoms with Crippen LogP contribution in [0.1, 0.15) is 39.0 Å². The second-order valence-corrected chi connectivity index (χ2v) is 4.91. The lowest BCUT2D eigenvalue weighted by Gasteiger charge is -2.38. The molecule has 6 heteroatoms. The van der Waals surface area contributed by atoms with Crippen molar-refractivity contribution in [2.24, 2.45) is 5.92 Å². The number of carboxylic acid groups (broad SMARTS) is 1. The summed E-state index contributed by atoms with van der Waals surface area (Å²) in [6, 6.07) is 0. The summed E-state index contributed by atoms with van der Waals surface area (Å²) in [5, 5.41) is 13.9. The summed E-state index contributed by atoms with van der Waals surface area (Å²) in [7, 11) is 1.48. The first kappa shape index (κ1) is 14.8. The normalized spacial score (nSPS) is 19.9. The van der Waals surface area contributed by atoms with Crippen LogP contribution in [0.3, 0.4) is 0 Å². The van der Waals surface area contributed by atoms with E-state index in [1.165, 1.54) is 7.11 Å². The van der Waals surface area contributed by atoms with E-state index in [0.29, 0.717) is 0 Å². The van der Waals surface area contributed by atoms with Crippen LogP contribution in [-0.2, 0) is 9.53 Å². The van der Waals surface area contributed by atoms with Crippen LogP contribution in [0.5, 0.6) is 0 Å². The number of carbonyl (C=O) groups excluding carboxylic acids is 1. The first-order valence-electron chi connectivity index (χ1n) is 6.29. The zero-order valence-corrected chi connectivity index (χ0v) is 11.0. The molecule has 1 saturated carbocycles. The molecule has 1 rings (SSSR count). The van der Waals surface area contributed by atoms with Gasteiger partial charge in [0.05, 0.1) is 0 Å². The molecule has 1 fully saturated rings. The van der Waals surface area contributed by atoms with Gasteiger partial charge in [-0.2, -0.15) is 0 Å². The van der Waals surface area contributed by atoms with Crippen molar-refractivity contribution < 1.29 is 19.4 Å². The molecule has 0 aromatic heterocycles. The SMILES string of the molecule is COCNC(=O)C(C)(NC(=O)O)C1CCCCC1. The van der Waals surface area contributed by atoms with Gasteiger partial charge in [-0.15, -0.1) is 0 Å². The molecule has 0 aromatic rings. The van der Waals surface area contributed by atoms with Gasteiger partial charge in [0.15, 0.2) is 0 Å². The largest absolute Gasteiger partial charge is 0.465 e. The molecule has 2 amide bonds. The maximum Gasteiger partial charge on any atom is 0.405 e. The lowest BCUT2D eigenvalue weighted by molar-refractivity contribution is -0.131. The minimum atomic E-state index is -1.17. The monoisotopic (exact) mass is 258 g/mol. The van der Waals surface area contributed by atoms with Crippen LogP contribution in [0.2, 0.25) is 0 Å². The fourth-order valence-electron chi connectivity index (χ4n) is 2.57. The molecule has 1 atom stereocenters. The van der Waals surface area contributed by atoms with Crippen LogP contribution >= 0.6 is 0 Å². The summed E-state index contributed by atoms with van der Waals surface area (Å²) < 4.78 is 4.79. The van der Waals surface area contributed by atoms with Crippen LogP contribution in [0.4, 0.5) is 4.79 Å². The summed E-state index contributed by atoms with van der Waals surface area (Å²) >= 11 is 0. The van der Waals surface area contributed by atoms with Gasteiger partial charge in [-0.25, -0.2) is 4.79 Å². The molecule has 6 nitrogen and oxygen atoms in total. The number of methoxy groups -OCH3 is 1. The highest BCUT2D eigenvalue weighted by Gasteiger charge is 2.42. The number of hydrogen-bond acceptors (Lipinski definition) is 3. The summed E-state index contributed by atoms with van der Waals surface area (Å²) in [4.78, 5) is 23.1. The van der Waals surface area contributed by atoms with Crippen LogP contribution in [-0.4, -0.2) is 36.5 Å². The second kappa shape index (κ2) is 6.58. The Bertz CT molecular complexity index is 302. The maximum atomic E-state index is 12.1. The van der Waals surface area contributed by atoms with Crippen molar-refractivity contribution >= 4 is 12.0 Å². The molecular weight excluding hydrogens is 236 g/mol. The molecular formula is C12H22N2O4. The van der Waals surface area contributed by atoms with E-state index < -0.39 is 11.6 Å². The molecule has 1 aliphatic rings. The van der Waals surface area contributed by atoms with Crippen LogP contribution in [0.15, 0.2) is 0 Å². The second-order valence-electron chi connectivity index (χ2n) is 4.91. The van der Waals surface area contributed by atoms with E-state index in [1.807, 2.05) is 0 Å². The van der Waals surface area contributed by atoms with Crippen LogP contribution in [0, 0.1) is 5.92 Å². The van der Waals surface area contributed by atoms with Crippen molar-refractivity contribution in [3.63, 3.8) is 0 Å². The minimum Gasteiger partial charge on any atom is -0.465 e. The number of amides is 2. The third-order valence-corrected chi connectivity index (χ3v) is 3.64. The minimum absolute atomic E-state index is 0.0409. The number of nitrogens with one attached hydrogen (secondary N) is 2. The molecule has 0 spiro atoms. The van der Waals surface area contributed by atoms with Gasteiger partial charge in [0.2, 0.25) is 5.91 Å². The summed E-state index contributed by atoms with van der Waals surface area (Å²) in [5.74, 6) is -0.280. The molecule has 3 N–H and O–H groups in total. The Hall–Kier alpha value is -1.30.